The quantitative estimate of drug-likeness (QED) is 0.553. The SMILES string of the molecule is Cc1cccc(C(=O)N2CCC(F)(F)C2CNc2ncc(C(F)(F)F)cn2)c1-c1ncccn1. The van der Waals surface area contributed by atoms with Crippen LogP contribution in [0.1, 0.15) is 27.9 Å². The molecule has 2 aromatic heterocycles. The molecule has 1 unspecified atom stereocenters. The van der Waals surface area contributed by atoms with Gasteiger partial charge in [0.25, 0.3) is 11.8 Å². The maximum absolute atomic E-state index is 14.7. The molecule has 1 N–H and O–H groups in total. The summed E-state index contributed by atoms with van der Waals surface area (Å²) >= 11 is 0. The zero-order chi connectivity index (χ0) is 24.5. The fourth-order valence-electron chi connectivity index (χ4n) is 3.80. The summed E-state index contributed by atoms with van der Waals surface area (Å²) in [6.07, 6.45) is -1.02. The Bertz CT molecular complexity index is 1170. The van der Waals surface area contributed by atoms with Gasteiger partial charge in [-0.3, -0.25) is 4.79 Å². The Hall–Kier alpha value is -3.70. The Morgan fingerprint density at radius 3 is 2.44 bits per heavy atom. The van der Waals surface area contributed by atoms with E-state index in [1.165, 1.54) is 18.5 Å². The summed E-state index contributed by atoms with van der Waals surface area (Å²) in [4.78, 5) is 29.9. The number of rotatable bonds is 5. The maximum Gasteiger partial charge on any atom is 0.419 e. The summed E-state index contributed by atoms with van der Waals surface area (Å²) in [6, 6.07) is 5.00. The fourth-order valence-corrected chi connectivity index (χ4v) is 3.80. The summed E-state index contributed by atoms with van der Waals surface area (Å²) < 4.78 is 67.5. The van der Waals surface area contributed by atoms with Crippen molar-refractivity contribution in [2.75, 3.05) is 18.4 Å². The molecule has 0 saturated carbocycles. The average Bonchev–Trinajstić information content (AvgIpc) is 3.11. The van der Waals surface area contributed by atoms with Gasteiger partial charge in [0.15, 0.2) is 5.82 Å². The molecule has 1 saturated heterocycles. The number of anilines is 1. The number of hydrogen-bond donors (Lipinski definition) is 1. The van der Waals surface area contributed by atoms with Gasteiger partial charge >= 0.3 is 6.18 Å². The highest BCUT2D eigenvalue weighted by Gasteiger charge is 2.51. The zero-order valence-electron chi connectivity index (χ0n) is 17.9. The molecule has 3 heterocycles. The van der Waals surface area contributed by atoms with Crippen molar-refractivity contribution in [2.24, 2.45) is 0 Å². The van der Waals surface area contributed by atoms with Crippen molar-refractivity contribution in [3.05, 3.63) is 65.7 Å². The highest BCUT2D eigenvalue weighted by molar-refractivity contribution is 6.01. The minimum absolute atomic E-state index is 0.180. The van der Waals surface area contributed by atoms with E-state index in [1.807, 2.05) is 0 Å². The second-order valence-corrected chi connectivity index (χ2v) is 7.77. The predicted molar refractivity (Wildman–Crippen MR) is 112 cm³/mol. The molecule has 0 bridgehead atoms. The Morgan fingerprint density at radius 1 is 1.12 bits per heavy atom. The molecule has 0 spiro atoms. The minimum Gasteiger partial charge on any atom is -0.352 e. The molecular formula is C22H19F5N6O. The van der Waals surface area contributed by atoms with E-state index in [2.05, 4.69) is 25.3 Å². The summed E-state index contributed by atoms with van der Waals surface area (Å²) in [7, 11) is 0. The molecule has 1 atom stereocenters. The Labute approximate surface area is 191 Å². The lowest BCUT2D eigenvalue weighted by Gasteiger charge is -2.28. The van der Waals surface area contributed by atoms with Crippen LogP contribution in [0.5, 0.6) is 0 Å². The van der Waals surface area contributed by atoms with Crippen LogP contribution in [0.2, 0.25) is 0 Å². The molecule has 12 heteroatoms. The standard InChI is InChI=1S/C22H19F5N6O/c1-13-4-2-5-15(17(13)18-28-7-3-8-29-18)19(34)33-9-6-21(23,24)16(33)12-32-20-30-10-14(11-31-20)22(25,26)27/h2-5,7-8,10-11,16H,6,9,12H2,1H3,(H,30,31,32). The van der Waals surface area contributed by atoms with E-state index in [9.17, 15) is 26.7 Å². The number of aryl methyl sites for hydroxylation is 1. The molecule has 1 amide bonds. The molecule has 1 aromatic carbocycles. The first-order chi connectivity index (χ1) is 16.1. The lowest BCUT2D eigenvalue weighted by Crippen LogP contribution is -2.47. The number of halogens is 5. The smallest absolute Gasteiger partial charge is 0.352 e. The lowest BCUT2D eigenvalue weighted by atomic mass is 9.99. The Morgan fingerprint density at radius 2 is 1.79 bits per heavy atom. The Kier molecular flexibility index (Phi) is 6.15. The third kappa shape index (κ3) is 4.66. The third-order valence-corrected chi connectivity index (χ3v) is 5.54. The summed E-state index contributed by atoms with van der Waals surface area (Å²) in [5.74, 6) is -3.80. The molecule has 0 radical (unpaired) electrons. The van der Waals surface area contributed by atoms with Gasteiger partial charge in [-0.25, -0.2) is 28.7 Å². The van der Waals surface area contributed by atoms with E-state index in [4.69, 9.17) is 0 Å². The number of carbonyl (C=O) groups excluding carboxylic acids is 1. The number of benzene rings is 1. The highest BCUT2D eigenvalue weighted by atomic mass is 19.4. The van der Waals surface area contributed by atoms with Crippen molar-refractivity contribution in [2.45, 2.75) is 31.5 Å². The number of likely N-dealkylation sites (tertiary alicyclic amines) is 1. The van der Waals surface area contributed by atoms with Crippen LogP contribution in [0.15, 0.2) is 49.1 Å². The van der Waals surface area contributed by atoms with Crippen molar-refractivity contribution in [3.8, 4) is 11.4 Å². The van der Waals surface area contributed by atoms with Crippen LogP contribution in [0, 0.1) is 6.92 Å². The van der Waals surface area contributed by atoms with Gasteiger partial charge in [-0.05, 0) is 24.6 Å². The van der Waals surface area contributed by atoms with Gasteiger partial charge in [-0.1, -0.05) is 12.1 Å². The van der Waals surface area contributed by atoms with E-state index in [-0.39, 0.29) is 18.1 Å². The predicted octanol–water partition coefficient (Wildman–Crippen LogP) is 4.22. The van der Waals surface area contributed by atoms with Crippen LogP contribution in [-0.2, 0) is 6.18 Å². The Balaban J connectivity index is 1.58. The van der Waals surface area contributed by atoms with Crippen molar-refractivity contribution >= 4 is 11.9 Å². The van der Waals surface area contributed by atoms with E-state index in [0.29, 0.717) is 29.3 Å². The second kappa shape index (κ2) is 8.92. The number of nitrogens with one attached hydrogen (secondary N) is 1. The van der Waals surface area contributed by atoms with Gasteiger partial charge in [0.2, 0.25) is 5.95 Å². The number of nitrogens with zero attached hydrogens (tertiary/aromatic N) is 5. The molecule has 178 valence electrons. The van der Waals surface area contributed by atoms with Gasteiger partial charge in [-0.2, -0.15) is 13.2 Å². The first kappa shape index (κ1) is 23.5. The van der Waals surface area contributed by atoms with Crippen LogP contribution >= 0.6 is 0 Å². The molecule has 1 aliphatic heterocycles. The van der Waals surface area contributed by atoms with E-state index in [1.54, 1.807) is 25.1 Å². The number of carbonyl (C=O) groups is 1. The molecule has 3 aromatic rings. The molecule has 1 aliphatic rings. The van der Waals surface area contributed by atoms with E-state index < -0.39 is 42.6 Å². The van der Waals surface area contributed by atoms with Crippen LogP contribution in [0.4, 0.5) is 27.9 Å². The topological polar surface area (TPSA) is 83.9 Å². The number of alkyl halides is 5. The first-order valence-electron chi connectivity index (χ1n) is 10.3. The molecule has 0 aliphatic carbocycles. The van der Waals surface area contributed by atoms with E-state index >= 15 is 0 Å². The van der Waals surface area contributed by atoms with Crippen molar-refractivity contribution in [1.82, 2.24) is 24.8 Å². The number of amides is 1. The highest BCUT2D eigenvalue weighted by Crippen LogP contribution is 2.36. The van der Waals surface area contributed by atoms with Gasteiger partial charge in [0, 0.05) is 49.9 Å². The van der Waals surface area contributed by atoms with Gasteiger partial charge in [-0.15, -0.1) is 0 Å². The van der Waals surface area contributed by atoms with E-state index in [0.717, 1.165) is 4.90 Å². The minimum atomic E-state index is -4.62. The maximum atomic E-state index is 14.7. The number of hydrogen-bond acceptors (Lipinski definition) is 6. The van der Waals surface area contributed by atoms with Crippen LogP contribution in [-0.4, -0.2) is 55.8 Å². The largest absolute Gasteiger partial charge is 0.419 e. The number of aromatic nitrogens is 4. The third-order valence-electron chi connectivity index (χ3n) is 5.54. The summed E-state index contributed by atoms with van der Waals surface area (Å²) in [5.41, 5.74) is 0.271. The molecule has 34 heavy (non-hydrogen) atoms. The lowest BCUT2D eigenvalue weighted by molar-refractivity contribution is -0.138. The second-order valence-electron chi connectivity index (χ2n) is 7.77. The van der Waals surface area contributed by atoms with Crippen molar-refractivity contribution < 1.29 is 26.7 Å². The van der Waals surface area contributed by atoms with Crippen LogP contribution in [0.3, 0.4) is 0 Å². The van der Waals surface area contributed by atoms with Gasteiger partial charge in [0.1, 0.15) is 6.04 Å². The summed E-state index contributed by atoms with van der Waals surface area (Å²) in [6.45, 7) is 1.12. The summed E-state index contributed by atoms with van der Waals surface area (Å²) in [5, 5.41) is 2.53. The van der Waals surface area contributed by atoms with Gasteiger partial charge < -0.3 is 10.2 Å². The van der Waals surface area contributed by atoms with Crippen LogP contribution in [0.25, 0.3) is 11.4 Å². The molecule has 4 rings (SSSR count). The van der Waals surface area contributed by atoms with Crippen molar-refractivity contribution in [1.29, 1.82) is 0 Å². The molecule has 7 nitrogen and oxygen atoms in total. The monoisotopic (exact) mass is 478 g/mol. The average molecular weight is 478 g/mol. The van der Waals surface area contributed by atoms with Gasteiger partial charge in [0.05, 0.1) is 11.1 Å². The van der Waals surface area contributed by atoms with Crippen molar-refractivity contribution in [3.63, 3.8) is 0 Å². The first-order valence-corrected chi connectivity index (χ1v) is 10.3. The molecule has 1 fully saturated rings. The fraction of sp³-hybridized carbons (Fsp3) is 0.318. The molecular weight excluding hydrogens is 459 g/mol. The normalized spacial score (nSPS) is 17.6. The zero-order valence-corrected chi connectivity index (χ0v) is 17.9. The van der Waals surface area contributed by atoms with Crippen LogP contribution < -0.4 is 5.32 Å².